The number of pyridine rings is 1. The molecule has 2 rings (SSSR count). The molecule has 0 aliphatic rings. The molecule has 0 N–H and O–H groups in total. The van der Waals surface area contributed by atoms with Crippen LogP contribution in [0.15, 0.2) is 47.2 Å². The molecule has 0 aliphatic heterocycles. The van der Waals surface area contributed by atoms with Gasteiger partial charge >= 0.3 is 0 Å². The molecule has 0 fully saturated rings. The summed E-state index contributed by atoms with van der Waals surface area (Å²) in [5, 5.41) is 0. The lowest BCUT2D eigenvalue weighted by molar-refractivity contribution is 0.261. The minimum Gasteiger partial charge on any atom is -0.490 e. The van der Waals surface area contributed by atoms with Gasteiger partial charge in [0, 0.05) is 22.4 Å². The van der Waals surface area contributed by atoms with Crippen LogP contribution in [-0.2, 0) is 6.61 Å². The quantitative estimate of drug-likeness (QED) is 0.798. The summed E-state index contributed by atoms with van der Waals surface area (Å²) >= 11 is 3.39. The van der Waals surface area contributed by atoms with E-state index in [2.05, 4.69) is 27.8 Å². The fourth-order valence-corrected chi connectivity index (χ4v) is 2.01. The number of hydrogen-bond donors (Lipinski definition) is 0. The molecule has 1 aromatic carbocycles. The summed E-state index contributed by atoms with van der Waals surface area (Å²) in [5.74, 6) is 1.54. The summed E-state index contributed by atoms with van der Waals surface area (Å²) in [7, 11) is 0. The van der Waals surface area contributed by atoms with Gasteiger partial charge in [0.05, 0.1) is 6.61 Å². The van der Waals surface area contributed by atoms with Gasteiger partial charge in [-0.1, -0.05) is 19.1 Å². The molecule has 100 valence electrons. The predicted octanol–water partition coefficient (Wildman–Crippen LogP) is 4.21. The zero-order valence-electron chi connectivity index (χ0n) is 10.8. The molecule has 2 aromatic rings. The highest BCUT2D eigenvalue weighted by Crippen LogP contribution is 2.27. The van der Waals surface area contributed by atoms with Gasteiger partial charge < -0.3 is 9.47 Å². The Balaban J connectivity index is 2.02. The van der Waals surface area contributed by atoms with Crippen molar-refractivity contribution in [2.24, 2.45) is 0 Å². The number of para-hydroxylation sites is 2. The first kappa shape index (κ1) is 13.9. The number of ether oxygens (including phenoxy) is 2. The van der Waals surface area contributed by atoms with Crippen LogP contribution in [0.1, 0.15) is 18.9 Å². The van der Waals surface area contributed by atoms with Gasteiger partial charge in [0.1, 0.15) is 6.61 Å². The molecule has 0 bridgehead atoms. The Bertz CT molecular complexity index is 531. The van der Waals surface area contributed by atoms with Crippen LogP contribution < -0.4 is 9.47 Å². The second kappa shape index (κ2) is 7.14. The van der Waals surface area contributed by atoms with Crippen molar-refractivity contribution in [2.45, 2.75) is 20.0 Å². The van der Waals surface area contributed by atoms with Gasteiger partial charge in [-0.3, -0.25) is 4.98 Å². The number of nitrogens with zero attached hydrogens (tertiary/aromatic N) is 1. The molecular weight excluding hydrogens is 306 g/mol. The predicted molar refractivity (Wildman–Crippen MR) is 78.5 cm³/mol. The molecule has 0 saturated carbocycles. The Morgan fingerprint density at radius 1 is 1.11 bits per heavy atom. The van der Waals surface area contributed by atoms with E-state index in [0.29, 0.717) is 13.2 Å². The smallest absolute Gasteiger partial charge is 0.161 e. The van der Waals surface area contributed by atoms with Crippen LogP contribution in [0.2, 0.25) is 0 Å². The third-order valence-electron chi connectivity index (χ3n) is 2.47. The highest BCUT2D eigenvalue weighted by Gasteiger charge is 2.04. The van der Waals surface area contributed by atoms with E-state index in [4.69, 9.17) is 9.47 Å². The maximum absolute atomic E-state index is 5.79. The van der Waals surface area contributed by atoms with E-state index in [1.807, 2.05) is 30.3 Å². The summed E-state index contributed by atoms with van der Waals surface area (Å²) in [6.45, 7) is 3.24. The molecule has 0 unspecified atom stereocenters. The number of hydrogen-bond acceptors (Lipinski definition) is 3. The lowest BCUT2D eigenvalue weighted by Crippen LogP contribution is -2.00. The van der Waals surface area contributed by atoms with Gasteiger partial charge in [0.2, 0.25) is 0 Å². The normalized spacial score (nSPS) is 10.2. The third-order valence-corrected chi connectivity index (χ3v) is 2.90. The SMILES string of the molecule is CCCOc1ccccc1OCc1cncc(Br)c1. The minimum absolute atomic E-state index is 0.471. The standard InChI is InChI=1S/C15H16BrNO2/c1-2-7-18-14-5-3-4-6-15(14)19-11-12-8-13(16)10-17-9-12/h3-6,8-10H,2,7,11H2,1H3. The van der Waals surface area contributed by atoms with Gasteiger partial charge in [-0.2, -0.15) is 0 Å². The first-order valence-electron chi connectivity index (χ1n) is 6.23. The topological polar surface area (TPSA) is 31.4 Å². The maximum atomic E-state index is 5.79. The molecule has 1 aromatic heterocycles. The molecule has 19 heavy (non-hydrogen) atoms. The number of halogens is 1. The largest absolute Gasteiger partial charge is 0.490 e. The van der Waals surface area contributed by atoms with Crippen LogP contribution in [0.3, 0.4) is 0 Å². The fraction of sp³-hybridized carbons (Fsp3) is 0.267. The van der Waals surface area contributed by atoms with E-state index < -0.39 is 0 Å². The molecule has 0 aliphatic carbocycles. The van der Waals surface area contributed by atoms with E-state index in [9.17, 15) is 0 Å². The molecule has 3 nitrogen and oxygen atoms in total. The number of benzene rings is 1. The minimum atomic E-state index is 0.471. The van der Waals surface area contributed by atoms with Gasteiger partial charge in [-0.15, -0.1) is 0 Å². The van der Waals surface area contributed by atoms with Gasteiger partial charge in [-0.25, -0.2) is 0 Å². The molecule has 0 saturated heterocycles. The fourth-order valence-electron chi connectivity index (χ4n) is 1.60. The molecule has 0 spiro atoms. The lowest BCUT2D eigenvalue weighted by atomic mass is 10.3. The van der Waals surface area contributed by atoms with E-state index in [1.54, 1.807) is 12.4 Å². The lowest BCUT2D eigenvalue weighted by Gasteiger charge is -2.12. The van der Waals surface area contributed by atoms with Crippen molar-refractivity contribution in [3.8, 4) is 11.5 Å². The molecular formula is C15H16BrNO2. The highest BCUT2D eigenvalue weighted by atomic mass is 79.9. The summed E-state index contributed by atoms with van der Waals surface area (Å²) in [4.78, 5) is 4.11. The van der Waals surface area contributed by atoms with Crippen molar-refractivity contribution in [3.05, 3.63) is 52.8 Å². The van der Waals surface area contributed by atoms with Gasteiger partial charge in [0.25, 0.3) is 0 Å². The third kappa shape index (κ3) is 4.24. The van der Waals surface area contributed by atoms with Crippen LogP contribution in [0.4, 0.5) is 0 Å². The monoisotopic (exact) mass is 321 g/mol. The van der Waals surface area contributed by atoms with Crippen molar-refractivity contribution in [1.82, 2.24) is 4.98 Å². The van der Waals surface area contributed by atoms with Crippen LogP contribution in [0, 0.1) is 0 Å². The van der Waals surface area contributed by atoms with E-state index in [1.165, 1.54) is 0 Å². The summed E-state index contributed by atoms with van der Waals surface area (Å²) < 4.78 is 12.4. The average Bonchev–Trinajstić information content (AvgIpc) is 2.44. The first-order valence-corrected chi connectivity index (χ1v) is 7.03. The summed E-state index contributed by atoms with van der Waals surface area (Å²) in [6.07, 6.45) is 4.52. The molecule has 0 radical (unpaired) electrons. The second-order valence-electron chi connectivity index (χ2n) is 4.10. The van der Waals surface area contributed by atoms with Crippen molar-refractivity contribution in [2.75, 3.05) is 6.61 Å². The zero-order valence-corrected chi connectivity index (χ0v) is 12.4. The Labute approximate surface area is 121 Å². The highest BCUT2D eigenvalue weighted by molar-refractivity contribution is 9.10. The van der Waals surface area contributed by atoms with Gasteiger partial charge in [-0.05, 0) is 40.5 Å². The zero-order chi connectivity index (χ0) is 13.5. The molecule has 1 heterocycles. The van der Waals surface area contributed by atoms with Gasteiger partial charge in [0.15, 0.2) is 11.5 Å². The Kier molecular flexibility index (Phi) is 5.21. The Hall–Kier alpha value is -1.55. The van der Waals surface area contributed by atoms with Crippen LogP contribution in [-0.4, -0.2) is 11.6 Å². The Morgan fingerprint density at radius 3 is 2.53 bits per heavy atom. The van der Waals surface area contributed by atoms with E-state index in [-0.39, 0.29) is 0 Å². The maximum Gasteiger partial charge on any atom is 0.161 e. The second-order valence-corrected chi connectivity index (χ2v) is 5.01. The van der Waals surface area contributed by atoms with Crippen molar-refractivity contribution in [3.63, 3.8) is 0 Å². The van der Waals surface area contributed by atoms with Crippen molar-refractivity contribution < 1.29 is 9.47 Å². The molecule has 0 amide bonds. The Morgan fingerprint density at radius 2 is 1.84 bits per heavy atom. The van der Waals surface area contributed by atoms with Crippen molar-refractivity contribution >= 4 is 15.9 Å². The number of rotatable bonds is 6. The van der Waals surface area contributed by atoms with Crippen LogP contribution in [0.25, 0.3) is 0 Å². The molecule has 4 heteroatoms. The van der Waals surface area contributed by atoms with E-state index >= 15 is 0 Å². The van der Waals surface area contributed by atoms with Crippen molar-refractivity contribution in [1.29, 1.82) is 0 Å². The molecule has 0 atom stereocenters. The van der Waals surface area contributed by atoms with Crippen LogP contribution >= 0.6 is 15.9 Å². The summed E-state index contributed by atoms with van der Waals surface area (Å²) in [5.41, 5.74) is 1.01. The van der Waals surface area contributed by atoms with Crippen LogP contribution in [0.5, 0.6) is 11.5 Å². The first-order chi connectivity index (χ1) is 9.29. The average molecular weight is 322 g/mol. The van der Waals surface area contributed by atoms with E-state index in [0.717, 1.165) is 28.0 Å². The summed E-state index contributed by atoms with van der Waals surface area (Å²) in [6, 6.07) is 9.70. The number of aromatic nitrogens is 1.